The quantitative estimate of drug-likeness (QED) is 0.659. The molecule has 2 aliphatic rings. The van der Waals surface area contributed by atoms with Gasteiger partial charge in [0.15, 0.2) is 0 Å². The van der Waals surface area contributed by atoms with Crippen LogP contribution < -0.4 is 10.3 Å². The number of likely N-dealkylation sites (tertiary alicyclic amines) is 1. The first-order valence-electron chi connectivity index (χ1n) is 10.4. The van der Waals surface area contributed by atoms with Gasteiger partial charge in [0.25, 0.3) is 5.56 Å². The third kappa shape index (κ3) is 4.13. The number of thioether (sulfide) groups is 1. The Kier molecular flexibility index (Phi) is 6.07. The summed E-state index contributed by atoms with van der Waals surface area (Å²) in [6.07, 6.45) is 4.57. The van der Waals surface area contributed by atoms with Crippen LogP contribution >= 0.6 is 11.8 Å². The number of ether oxygens (including phenoxy) is 1. The predicted molar refractivity (Wildman–Crippen MR) is 115 cm³/mol. The molecule has 0 atom stereocenters. The fraction of sp³-hybridized carbons (Fsp3) is 0.545. The Hall–Kier alpha value is -1.79. The van der Waals surface area contributed by atoms with E-state index in [0.717, 1.165) is 59.2 Å². The van der Waals surface area contributed by atoms with Gasteiger partial charge in [0.05, 0.1) is 12.6 Å². The summed E-state index contributed by atoms with van der Waals surface area (Å²) in [4.78, 5) is 16.2. The Morgan fingerprint density at radius 2 is 1.93 bits per heavy atom. The van der Waals surface area contributed by atoms with Crippen molar-refractivity contribution in [3.05, 3.63) is 40.2 Å². The standard InChI is InChI=1S/C22H29N3O2S/c1-16(2)25-22(26)19-10-15-28-21(19)20(23-25)17-6-8-18(9-7-17)27-14-5-13-24-11-3-4-12-24/h6-9,16H,3-5,10-15H2,1-2H3. The molecule has 0 aliphatic carbocycles. The Balaban J connectivity index is 1.46. The summed E-state index contributed by atoms with van der Waals surface area (Å²) in [7, 11) is 0. The van der Waals surface area contributed by atoms with E-state index in [1.165, 1.54) is 25.9 Å². The zero-order chi connectivity index (χ0) is 19.5. The molecule has 1 saturated heterocycles. The molecule has 0 amide bonds. The van der Waals surface area contributed by atoms with Gasteiger partial charge in [-0.05, 0) is 76.9 Å². The largest absolute Gasteiger partial charge is 0.494 e. The molecule has 3 heterocycles. The number of rotatable bonds is 7. The number of nitrogens with zero attached hydrogens (tertiary/aromatic N) is 3. The fourth-order valence-corrected chi connectivity index (χ4v) is 5.11. The molecule has 0 saturated carbocycles. The third-order valence-corrected chi connectivity index (χ3v) is 6.60. The zero-order valence-electron chi connectivity index (χ0n) is 16.8. The van der Waals surface area contributed by atoms with Crippen LogP contribution in [0.5, 0.6) is 5.75 Å². The van der Waals surface area contributed by atoms with Crippen molar-refractivity contribution in [3.8, 4) is 17.0 Å². The summed E-state index contributed by atoms with van der Waals surface area (Å²) in [5.41, 5.74) is 2.96. The van der Waals surface area contributed by atoms with Crippen LogP contribution in [-0.2, 0) is 6.42 Å². The molecule has 4 rings (SSSR count). The lowest BCUT2D eigenvalue weighted by molar-refractivity contribution is 0.263. The molecule has 5 nitrogen and oxygen atoms in total. The van der Waals surface area contributed by atoms with Gasteiger partial charge in [-0.15, -0.1) is 11.8 Å². The van der Waals surface area contributed by atoms with Gasteiger partial charge in [0.2, 0.25) is 0 Å². The maximum Gasteiger partial charge on any atom is 0.271 e. The molecule has 0 radical (unpaired) electrons. The van der Waals surface area contributed by atoms with Crippen molar-refractivity contribution in [1.82, 2.24) is 14.7 Å². The van der Waals surface area contributed by atoms with E-state index in [1.54, 1.807) is 16.4 Å². The van der Waals surface area contributed by atoms with Crippen LogP contribution in [0.4, 0.5) is 0 Å². The average molecular weight is 400 g/mol. The van der Waals surface area contributed by atoms with Crippen molar-refractivity contribution in [1.29, 1.82) is 0 Å². The first-order chi connectivity index (χ1) is 13.6. The molecule has 1 aromatic heterocycles. The van der Waals surface area contributed by atoms with Crippen LogP contribution in [0.1, 0.15) is 44.7 Å². The van der Waals surface area contributed by atoms with Crippen LogP contribution in [0, 0.1) is 0 Å². The molecule has 0 N–H and O–H groups in total. The monoisotopic (exact) mass is 399 g/mol. The van der Waals surface area contributed by atoms with Crippen molar-refractivity contribution < 1.29 is 4.74 Å². The van der Waals surface area contributed by atoms with E-state index in [1.807, 2.05) is 26.0 Å². The number of aromatic nitrogens is 2. The molecule has 0 spiro atoms. The van der Waals surface area contributed by atoms with Crippen LogP contribution in [0.15, 0.2) is 34.0 Å². The van der Waals surface area contributed by atoms with Crippen LogP contribution in [0.25, 0.3) is 11.3 Å². The summed E-state index contributed by atoms with van der Waals surface area (Å²) < 4.78 is 7.55. The number of benzene rings is 1. The second-order valence-corrected chi connectivity index (χ2v) is 8.98. The zero-order valence-corrected chi connectivity index (χ0v) is 17.6. The normalized spacial score (nSPS) is 16.7. The minimum absolute atomic E-state index is 0.0559. The van der Waals surface area contributed by atoms with Crippen LogP contribution in [0.2, 0.25) is 0 Å². The maximum atomic E-state index is 12.6. The highest BCUT2D eigenvalue weighted by Crippen LogP contribution is 2.37. The molecule has 2 aromatic rings. The number of hydrogen-bond donors (Lipinski definition) is 0. The predicted octanol–water partition coefficient (Wildman–Crippen LogP) is 4.00. The van der Waals surface area contributed by atoms with Gasteiger partial charge in [0.1, 0.15) is 11.4 Å². The number of fused-ring (bicyclic) bond motifs is 1. The molecule has 1 aromatic carbocycles. The minimum atomic E-state index is 0.0559. The lowest BCUT2D eigenvalue weighted by atomic mass is 10.1. The highest BCUT2D eigenvalue weighted by atomic mass is 32.2. The molecule has 2 aliphatic heterocycles. The van der Waals surface area contributed by atoms with Crippen molar-refractivity contribution in [2.75, 3.05) is 32.0 Å². The lowest BCUT2D eigenvalue weighted by Gasteiger charge is -2.15. The second kappa shape index (κ2) is 8.70. The van der Waals surface area contributed by atoms with E-state index >= 15 is 0 Å². The van der Waals surface area contributed by atoms with Crippen molar-refractivity contribution in [3.63, 3.8) is 0 Å². The highest BCUT2D eigenvalue weighted by Gasteiger charge is 2.24. The summed E-state index contributed by atoms with van der Waals surface area (Å²) in [6.45, 7) is 8.36. The lowest BCUT2D eigenvalue weighted by Crippen LogP contribution is -2.28. The Bertz CT molecular complexity index is 871. The fourth-order valence-electron chi connectivity index (χ4n) is 3.94. The first-order valence-corrected chi connectivity index (χ1v) is 11.4. The molecule has 1 fully saturated rings. The first kappa shape index (κ1) is 19.5. The molecular formula is C22H29N3O2S. The van der Waals surface area contributed by atoms with E-state index in [0.29, 0.717) is 0 Å². The molecule has 0 unspecified atom stereocenters. The van der Waals surface area contributed by atoms with Crippen molar-refractivity contribution in [2.45, 2.75) is 50.5 Å². The third-order valence-electron chi connectivity index (χ3n) is 5.46. The van der Waals surface area contributed by atoms with Crippen molar-refractivity contribution in [2.24, 2.45) is 0 Å². The maximum absolute atomic E-state index is 12.6. The molecule has 150 valence electrons. The highest BCUT2D eigenvalue weighted by molar-refractivity contribution is 7.99. The minimum Gasteiger partial charge on any atom is -0.494 e. The number of hydrogen-bond acceptors (Lipinski definition) is 5. The van der Waals surface area contributed by atoms with E-state index < -0.39 is 0 Å². The van der Waals surface area contributed by atoms with Gasteiger partial charge >= 0.3 is 0 Å². The van der Waals surface area contributed by atoms with E-state index in [2.05, 4.69) is 17.0 Å². The van der Waals surface area contributed by atoms with Gasteiger partial charge in [-0.2, -0.15) is 5.10 Å². The van der Waals surface area contributed by atoms with Crippen LogP contribution in [-0.4, -0.2) is 46.7 Å². The van der Waals surface area contributed by atoms with E-state index in [-0.39, 0.29) is 11.6 Å². The summed E-state index contributed by atoms with van der Waals surface area (Å²) in [6, 6.07) is 8.21. The van der Waals surface area contributed by atoms with Gasteiger partial charge in [-0.1, -0.05) is 0 Å². The molecular weight excluding hydrogens is 370 g/mol. The van der Waals surface area contributed by atoms with Gasteiger partial charge in [-0.3, -0.25) is 4.79 Å². The van der Waals surface area contributed by atoms with Crippen LogP contribution in [0.3, 0.4) is 0 Å². The Labute approximate surface area is 171 Å². The molecule has 28 heavy (non-hydrogen) atoms. The Morgan fingerprint density at radius 1 is 1.18 bits per heavy atom. The van der Waals surface area contributed by atoms with Gasteiger partial charge in [0, 0.05) is 28.3 Å². The van der Waals surface area contributed by atoms with Gasteiger partial charge < -0.3 is 9.64 Å². The van der Waals surface area contributed by atoms with Gasteiger partial charge in [-0.25, -0.2) is 4.68 Å². The molecule has 6 heteroatoms. The SMILES string of the molecule is CC(C)n1nc(-c2ccc(OCCCN3CCCC3)cc2)c2c(c1=O)CCS2. The summed E-state index contributed by atoms with van der Waals surface area (Å²) in [5, 5.41) is 4.70. The Morgan fingerprint density at radius 3 is 2.64 bits per heavy atom. The topological polar surface area (TPSA) is 47.4 Å². The smallest absolute Gasteiger partial charge is 0.271 e. The molecule has 0 bridgehead atoms. The summed E-state index contributed by atoms with van der Waals surface area (Å²) in [5.74, 6) is 1.85. The summed E-state index contributed by atoms with van der Waals surface area (Å²) >= 11 is 1.75. The average Bonchev–Trinajstić information content (AvgIpc) is 3.38. The van der Waals surface area contributed by atoms with E-state index in [4.69, 9.17) is 9.84 Å². The van der Waals surface area contributed by atoms with E-state index in [9.17, 15) is 4.79 Å². The second-order valence-electron chi connectivity index (χ2n) is 7.87. The van der Waals surface area contributed by atoms with Crippen molar-refractivity contribution >= 4 is 11.8 Å².